The van der Waals surface area contributed by atoms with Crippen LogP contribution in [0.1, 0.15) is 20.9 Å². The summed E-state index contributed by atoms with van der Waals surface area (Å²) in [5, 5.41) is 24.7. The third-order valence-corrected chi connectivity index (χ3v) is 5.50. The van der Waals surface area contributed by atoms with Gasteiger partial charge in [-0.3, -0.25) is 14.9 Å². The van der Waals surface area contributed by atoms with E-state index in [0.717, 1.165) is 14.9 Å². The molecule has 0 aliphatic heterocycles. The van der Waals surface area contributed by atoms with Crippen molar-refractivity contribution in [3.8, 4) is 11.5 Å². The zero-order valence-electron chi connectivity index (χ0n) is 15.6. The summed E-state index contributed by atoms with van der Waals surface area (Å²) in [6.45, 7) is 0. The lowest BCUT2D eigenvalue weighted by Crippen LogP contribution is -2.19. The summed E-state index contributed by atoms with van der Waals surface area (Å²) in [6, 6.07) is 11.9. The first-order valence-corrected chi connectivity index (χ1v) is 10.4. The van der Waals surface area contributed by atoms with E-state index in [0.29, 0.717) is 27.0 Å². The minimum Gasteiger partial charge on any atom is -0.504 e. The molecule has 3 N–H and O–H groups in total. The Bertz CT molecular complexity index is 1100. The molecule has 1 aromatic heterocycles. The van der Waals surface area contributed by atoms with Crippen molar-refractivity contribution in [2.75, 3.05) is 12.4 Å². The maximum Gasteiger partial charge on any atom is 0.258 e. The molecule has 0 fully saturated rings. The number of carbonyl (C=O) groups excluding carboxylic acids is 2. The number of methoxy groups -OCH3 is 1. The quantitative estimate of drug-likeness (QED) is 0.242. The van der Waals surface area contributed by atoms with Crippen molar-refractivity contribution in [3.05, 3.63) is 62.2 Å². The van der Waals surface area contributed by atoms with Crippen LogP contribution in [-0.4, -0.2) is 40.4 Å². The number of phenols is 1. The molecule has 30 heavy (non-hydrogen) atoms. The van der Waals surface area contributed by atoms with E-state index in [1.807, 2.05) is 12.1 Å². The fourth-order valence-corrected chi connectivity index (χ4v) is 3.68. The number of ether oxygens (including phenoxy) is 1. The first-order chi connectivity index (χ1) is 14.5. The molecule has 0 radical (unpaired) electrons. The van der Waals surface area contributed by atoms with Gasteiger partial charge < -0.3 is 9.84 Å². The van der Waals surface area contributed by atoms with Crippen molar-refractivity contribution in [1.29, 1.82) is 0 Å². The highest BCUT2D eigenvalue weighted by molar-refractivity contribution is 14.1. The zero-order chi connectivity index (χ0) is 21.5. The summed E-state index contributed by atoms with van der Waals surface area (Å²) < 4.78 is 5.83. The number of hydrazone groups is 1. The molecule has 2 aromatic carbocycles. The van der Waals surface area contributed by atoms with Gasteiger partial charge in [-0.1, -0.05) is 23.5 Å². The van der Waals surface area contributed by atoms with Crippen LogP contribution in [0.5, 0.6) is 11.5 Å². The average molecular weight is 537 g/mol. The minimum atomic E-state index is -0.386. The number of aromatic hydroxyl groups is 1. The summed E-state index contributed by atoms with van der Waals surface area (Å²) in [4.78, 5) is 24.3. The predicted molar refractivity (Wildman–Crippen MR) is 121 cm³/mol. The summed E-state index contributed by atoms with van der Waals surface area (Å²) in [5.41, 5.74) is 3.57. The molecule has 11 heteroatoms. The van der Waals surface area contributed by atoms with Crippen molar-refractivity contribution in [2.45, 2.75) is 6.42 Å². The second-order valence-corrected chi connectivity index (χ2v) is 8.06. The van der Waals surface area contributed by atoms with Crippen LogP contribution < -0.4 is 15.5 Å². The Morgan fingerprint density at radius 2 is 2.07 bits per heavy atom. The van der Waals surface area contributed by atoms with Gasteiger partial charge in [-0.25, -0.2) is 5.43 Å². The maximum absolute atomic E-state index is 12.3. The molecular weight excluding hydrogens is 521 g/mol. The van der Waals surface area contributed by atoms with Crippen molar-refractivity contribution in [1.82, 2.24) is 15.6 Å². The van der Waals surface area contributed by atoms with Crippen LogP contribution in [0.25, 0.3) is 0 Å². The Hall–Kier alpha value is -3.06. The number of halogens is 1. The SMILES string of the molecule is COc1cc(/C=N\NC(=O)Cc2nnc(NC(=O)c3ccccc3I)s2)ccc1O. The van der Waals surface area contributed by atoms with Gasteiger partial charge >= 0.3 is 0 Å². The van der Waals surface area contributed by atoms with Crippen molar-refractivity contribution in [3.63, 3.8) is 0 Å². The molecule has 3 aromatic rings. The van der Waals surface area contributed by atoms with E-state index in [1.165, 1.54) is 19.4 Å². The van der Waals surface area contributed by atoms with Gasteiger partial charge in [0.25, 0.3) is 5.91 Å². The van der Waals surface area contributed by atoms with E-state index in [1.54, 1.807) is 24.3 Å². The van der Waals surface area contributed by atoms with Gasteiger partial charge in [0.1, 0.15) is 5.01 Å². The minimum absolute atomic E-state index is 0.0137. The molecule has 0 aliphatic rings. The molecule has 2 amide bonds. The lowest BCUT2D eigenvalue weighted by molar-refractivity contribution is -0.120. The lowest BCUT2D eigenvalue weighted by atomic mass is 10.2. The maximum atomic E-state index is 12.3. The highest BCUT2D eigenvalue weighted by atomic mass is 127. The number of hydrogen-bond donors (Lipinski definition) is 3. The number of rotatable bonds is 7. The molecule has 1 heterocycles. The summed E-state index contributed by atoms with van der Waals surface area (Å²) in [6.07, 6.45) is 1.39. The Kier molecular flexibility index (Phi) is 7.30. The average Bonchev–Trinajstić information content (AvgIpc) is 3.16. The molecular formula is C19H16IN5O4S. The molecule has 0 saturated carbocycles. The molecule has 0 bridgehead atoms. The van der Waals surface area contributed by atoms with Crippen molar-refractivity contribution in [2.24, 2.45) is 5.10 Å². The highest BCUT2D eigenvalue weighted by Crippen LogP contribution is 2.25. The van der Waals surface area contributed by atoms with Crippen LogP contribution in [0.15, 0.2) is 47.6 Å². The number of carbonyl (C=O) groups is 2. The van der Waals surface area contributed by atoms with Crippen LogP contribution >= 0.6 is 33.9 Å². The number of amides is 2. The van der Waals surface area contributed by atoms with Gasteiger partial charge in [0, 0.05) is 3.57 Å². The van der Waals surface area contributed by atoms with Crippen LogP contribution in [0, 0.1) is 3.57 Å². The first-order valence-electron chi connectivity index (χ1n) is 8.53. The van der Waals surface area contributed by atoms with E-state index < -0.39 is 0 Å². The van der Waals surface area contributed by atoms with Gasteiger partial charge in [0.15, 0.2) is 11.5 Å². The van der Waals surface area contributed by atoms with Gasteiger partial charge in [-0.2, -0.15) is 5.10 Å². The number of benzene rings is 2. The van der Waals surface area contributed by atoms with Crippen molar-refractivity contribution < 1.29 is 19.4 Å². The monoisotopic (exact) mass is 537 g/mol. The van der Waals surface area contributed by atoms with Crippen LogP contribution in [0.4, 0.5) is 5.13 Å². The normalized spacial score (nSPS) is 10.7. The molecule has 0 saturated heterocycles. The second-order valence-electron chi connectivity index (χ2n) is 5.84. The molecule has 0 unspecified atom stereocenters. The Balaban J connectivity index is 1.53. The Labute approximate surface area is 189 Å². The van der Waals surface area contributed by atoms with Crippen LogP contribution in [0.2, 0.25) is 0 Å². The highest BCUT2D eigenvalue weighted by Gasteiger charge is 2.14. The fraction of sp³-hybridized carbons (Fsp3) is 0.105. The van der Waals surface area contributed by atoms with Gasteiger partial charge in [0.2, 0.25) is 11.0 Å². The number of anilines is 1. The van der Waals surface area contributed by atoms with E-state index in [9.17, 15) is 14.7 Å². The Morgan fingerprint density at radius 3 is 2.83 bits per heavy atom. The number of phenolic OH excluding ortho intramolecular Hbond substituents is 1. The van der Waals surface area contributed by atoms with E-state index in [2.05, 4.69) is 48.6 Å². The predicted octanol–water partition coefficient (Wildman–Crippen LogP) is 2.80. The smallest absolute Gasteiger partial charge is 0.258 e. The molecule has 0 aliphatic carbocycles. The fourth-order valence-electron chi connectivity index (χ4n) is 2.32. The summed E-state index contributed by atoms with van der Waals surface area (Å²) >= 11 is 3.20. The summed E-state index contributed by atoms with van der Waals surface area (Å²) in [7, 11) is 1.44. The molecule has 0 atom stereocenters. The van der Waals surface area contributed by atoms with Crippen molar-refractivity contribution >= 4 is 57.1 Å². The van der Waals surface area contributed by atoms with Gasteiger partial charge in [-0.15, -0.1) is 10.2 Å². The Morgan fingerprint density at radius 1 is 1.27 bits per heavy atom. The molecule has 154 valence electrons. The molecule has 0 spiro atoms. The third-order valence-electron chi connectivity index (χ3n) is 3.72. The standard InChI is InChI=1S/C19H16IN5O4S/c1-29-15-8-11(6-7-14(15)26)10-21-23-16(27)9-17-24-25-19(30-17)22-18(28)12-4-2-3-5-13(12)20/h2-8,10,26H,9H2,1H3,(H,23,27)(H,22,25,28)/b21-10-. The summed E-state index contributed by atoms with van der Waals surface area (Å²) in [5.74, 6) is -0.358. The van der Waals surface area contributed by atoms with Crippen LogP contribution in [-0.2, 0) is 11.2 Å². The van der Waals surface area contributed by atoms with Gasteiger partial charge in [0.05, 0.1) is 25.3 Å². The number of hydrogen-bond acceptors (Lipinski definition) is 8. The van der Waals surface area contributed by atoms with E-state index in [-0.39, 0.29) is 24.0 Å². The van der Waals surface area contributed by atoms with Gasteiger partial charge in [-0.05, 0) is 58.5 Å². The van der Waals surface area contributed by atoms with E-state index >= 15 is 0 Å². The van der Waals surface area contributed by atoms with Crippen LogP contribution in [0.3, 0.4) is 0 Å². The number of nitrogens with zero attached hydrogens (tertiary/aromatic N) is 3. The zero-order valence-corrected chi connectivity index (χ0v) is 18.6. The number of aromatic nitrogens is 2. The molecule has 9 nitrogen and oxygen atoms in total. The number of nitrogens with one attached hydrogen (secondary N) is 2. The topological polar surface area (TPSA) is 126 Å². The largest absolute Gasteiger partial charge is 0.504 e. The lowest BCUT2D eigenvalue weighted by Gasteiger charge is -2.03. The first kappa shape index (κ1) is 21.6. The third kappa shape index (κ3) is 5.73. The van der Waals surface area contributed by atoms with E-state index in [4.69, 9.17) is 4.74 Å². The second kappa shape index (κ2) is 10.1. The molecule has 3 rings (SSSR count).